The van der Waals surface area contributed by atoms with E-state index in [0.717, 1.165) is 35.1 Å². The SMILES string of the molecule is CC1S/C(=N\N=C\c2ccc(C(N)=NC=Nc3ccc(OC(F)(F)F)cc3)cc2)N(C2=C(F)CCC=C2F)C1=O. The molecule has 208 valence electrons. The summed E-state index contributed by atoms with van der Waals surface area (Å²) >= 11 is 1.05. The highest BCUT2D eigenvalue weighted by Crippen LogP contribution is 2.37. The number of carbonyl (C=O) groups is 1. The number of halogens is 5. The first-order chi connectivity index (χ1) is 19.0. The van der Waals surface area contributed by atoms with Gasteiger partial charge in [0.25, 0.3) is 0 Å². The van der Waals surface area contributed by atoms with Crippen molar-refractivity contribution in [1.29, 1.82) is 0 Å². The molecule has 1 fully saturated rings. The number of hydrogen-bond donors (Lipinski definition) is 1. The molecule has 0 aromatic heterocycles. The first-order valence-corrected chi connectivity index (χ1v) is 12.6. The molecule has 1 saturated heterocycles. The summed E-state index contributed by atoms with van der Waals surface area (Å²) in [6, 6.07) is 11.6. The zero-order chi connectivity index (χ0) is 28.9. The number of ether oxygens (including phenoxy) is 1. The van der Waals surface area contributed by atoms with Gasteiger partial charge in [-0.1, -0.05) is 36.0 Å². The Balaban J connectivity index is 1.40. The number of nitrogens with two attached hydrogens (primary N) is 1. The van der Waals surface area contributed by atoms with Gasteiger partial charge < -0.3 is 10.5 Å². The van der Waals surface area contributed by atoms with Crippen LogP contribution in [0.2, 0.25) is 0 Å². The van der Waals surface area contributed by atoms with Gasteiger partial charge in [-0.3, -0.25) is 9.69 Å². The van der Waals surface area contributed by atoms with Crippen LogP contribution >= 0.6 is 11.8 Å². The van der Waals surface area contributed by atoms with Gasteiger partial charge in [-0.15, -0.1) is 18.3 Å². The average Bonchev–Trinajstić information content (AvgIpc) is 3.17. The molecule has 2 N–H and O–H groups in total. The summed E-state index contributed by atoms with van der Waals surface area (Å²) in [6.45, 7) is 1.62. The molecule has 1 heterocycles. The average molecular weight is 577 g/mol. The first-order valence-electron chi connectivity index (χ1n) is 11.7. The maximum Gasteiger partial charge on any atom is 0.573 e. The lowest BCUT2D eigenvalue weighted by atomic mass is 10.1. The van der Waals surface area contributed by atoms with Gasteiger partial charge in [-0.05, 0) is 49.2 Å². The quantitative estimate of drug-likeness (QED) is 0.185. The smallest absolute Gasteiger partial charge is 0.406 e. The van der Waals surface area contributed by atoms with E-state index in [0.29, 0.717) is 16.8 Å². The molecule has 4 rings (SSSR count). The van der Waals surface area contributed by atoms with Gasteiger partial charge in [0.1, 0.15) is 35.3 Å². The highest BCUT2D eigenvalue weighted by Gasteiger charge is 2.41. The lowest BCUT2D eigenvalue weighted by Gasteiger charge is -2.21. The van der Waals surface area contributed by atoms with E-state index >= 15 is 0 Å². The van der Waals surface area contributed by atoms with Gasteiger partial charge in [0.2, 0.25) is 5.91 Å². The second-order valence-corrected chi connectivity index (χ2v) is 9.64. The fourth-order valence-electron chi connectivity index (χ4n) is 3.56. The van der Waals surface area contributed by atoms with Crippen molar-refractivity contribution in [2.45, 2.75) is 31.4 Å². The number of benzene rings is 2. The number of carbonyl (C=O) groups excluding carboxylic acids is 1. The summed E-state index contributed by atoms with van der Waals surface area (Å²) in [5.74, 6) is -2.24. The van der Waals surface area contributed by atoms with E-state index in [2.05, 4.69) is 24.9 Å². The van der Waals surface area contributed by atoms with Crippen LogP contribution in [0.15, 0.2) is 92.1 Å². The van der Waals surface area contributed by atoms with Gasteiger partial charge in [-0.2, -0.15) is 5.10 Å². The number of hydrogen-bond acceptors (Lipinski definition) is 6. The number of allylic oxidation sites excluding steroid dienone is 3. The number of alkyl halides is 3. The van der Waals surface area contributed by atoms with Crippen molar-refractivity contribution in [3.63, 3.8) is 0 Å². The Labute approximate surface area is 229 Å². The van der Waals surface area contributed by atoms with Gasteiger partial charge in [-0.25, -0.2) is 18.8 Å². The molecule has 40 heavy (non-hydrogen) atoms. The maximum atomic E-state index is 14.4. The van der Waals surface area contributed by atoms with Crippen molar-refractivity contribution >= 4 is 46.9 Å². The molecule has 2 aromatic rings. The van der Waals surface area contributed by atoms with Crippen LogP contribution in [0.25, 0.3) is 0 Å². The molecule has 2 aromatic carbocycles. The summed E-state index contributed by atoms with van der Waals surface area (Å²) in [7, 11) is 0. The summed E-state index contributed by atoms with van der Waals surface area (Å²) < 4.78 is 69.2. The second kappa shape index (κ2) is 12.2. The molecule has 1 amide bonds. The zero-order valence-corrected chi connectivity index (χ0v) is 21.6. The Kier molecular flexibility index (Phi) is 8.77. The molecule has 14 heteroatoms. The third-order valence-electron chi connectivity index (χ3n) is 5.47. The standard InChI is InChI=1S/C26H21F5N6O2S/c1-15-24(38)37(22-20(27)3-2-4-21(22)28)25(40-15)36-35-13-16-5-7-17(8-6-16)23(32)34-14-33-18-9-11-19(12-10-18)39-26(29,30)31/h3,5-15H,2,4H2,1H3,(H2,32,33,34)/b35-13+,36-25-. The molecular formula is C26H21F5N6O2S. The minimum atomic E-state index is -4.78. The predicted octanol–water partition coefficient (Wildman–Crippen LogP) is 6.13. The van der Waals surface area contributed by atoms with Crippen molar-refractivity contribution in [1.82, 2.24) is 4.90 Å². The third kappa shape index (κ3) is 7.20. The Morgan fingerprint density at radius 1 is 1.12 bits per heavy atom. The van der Waals surface area contributed by atoms with Crippen LogP contribution in [0.1, 0.15) is 30.9 Å². The molecule has 1 unspecified atom stereocenters. The van der Waals surface area contributed by atoms with Crippen LogP contribution in [0.4, 0.5) is 27.6 Å². The summed E-state index contributed by atoms with van der Waals surface area (Å²) in [5, 5.41) is 7.50. The predicted molar refractivity (Wildman–Crippen MR) is 144 cm³/mol. The number of amidine groups is 2. The summed E-state index contributed by atoms with van der Waals surface area (Å²) in [5.41, 5.74) is 7.07. The lowest BCUT2D eigenvalue weighted by molar-refractivity contribution is -0.274. The van der Waals surface area contributed by atoms with Gasteiger partial charge in [0, 0.05) is 12.0 Å². The van der Waals surface area contributed by atoms with E-state index in [1.54, 1.807) is 31.2 Å². The van der Waals surface area contributed by atoms with E-state index in [1.165, 1.54) is 24.4 Å². The highest BCUT2D eigenvalue weighted by atomic mass is 32.2. The van der Waals surface area contributed by atoms with Crippen LogP contribution in [0.3, 0.4) is 0 Å². The van der Waals surface area contributed by atoms with Crippen molar-refractivity contribution in [3.8, 4) is 5.75 Å². The molecule has 8 nitrogen and oxygen atoms in total. The number of amides is 1. The Bertz CT molecular complexity index is 1450. The number of rotatable bonds is 7. The molecule has 0 bridgehead atoms. The van der Waals surface area contributed by atoms with Crippen LogP contribution in [0.5, 0.6) is 5.75 Å². The Morgan fingerprint density at radius 2 is 1.82 bits per heavy atom. The normalized spacial score (nSPS) is 19.9. The molecule has 0 radical (unpaired) electrons. The maximum absolute atomic E-state index is 14.4. The van der Waals surface area contributed by atoms with E-state index in [9.17, 15) is 26.7 Å². The molecule has 0 spiro atoms. The number of thioether (sulfide) groups is 1. The molecule has 1 atom stereocenters. The fourth-order valence-corrected chi connectivity index (χ4v) is 4.46. The molecule has 1 aliphatic carbocycles. The van der Waals surface area contributed by atoms with Crippen LogP contribution in [-0.2, 0) is 4.79 Å². The summed E-state index contributed by atoms with van der Waals surface area (Å²) in [4.78, 5) is 21.5. The second-order valence-electron chi connectivity index (χ2n) is 8.33. The number of aliphatic imine (C=N–C) groups is 2. The summed E-state index contributed by atoms with van der Waals surface area (Å²) in [6.07, 6.45) is -0.762. The van der Waals surface area contributed by atoms with E-state index in [4.69, 9.17) is 5.73 Å². The molecule has 0 saturated carbocycles. The first kappa shape index (κ1) is 28.7. The Morgan fingerprint density at radius 3 is 2.48 bits per heavy atom. The van der Waals surface area contributed by atoms with Crippen molar-refractivity contribution < 1.29 is 31.5 Å². The van der Waals surface area contributed by atoms with Crippen LogP contribution < -0.4 is 10.5 Å². The minimum Gasteiger partial charge on any atom is -0.406 e. The van der Waals surface area contributed by atoms with E-state index in [-0.39, 0.29) is 29.6 Å². The lowest BCUT2D eigenvalue weighted by Crippen LogP contribution is -2.32. The molecular weight excluding hydrogens is 555 g/mol. The monoisotopic (exact) mass is 576 g/mol. The largest absolute Gasteiger partial charge is 0.573 e. The van der Waals surface area contributed by atoms with Crippen molar-refractivity contribution in [3.05, 3.63) is 83.1 Å². The van der Waals surface area contributed by atoms with E-state index < -0.39 is 34.9 Å². The highest BCUT2D eigenvalue weighted by molar-refractivity contribution is 8.15. The molecule has 2 aliphatic rings. The number of nitrogens with zero attached hydrogens (tertiary/aromatic N) is 5. The fraction of sp³-hybridized carbons (Fsp3) is 0.192. The van der Waals surface area contributed by atoms with Gasteiger partial charge in [0.05, 0.1) is 17.2 Å². The molecule has 1 aliphatic heterocycles. The van der Waals surface area contributed by atoms with E-state index in [1.807, 2.05) is 0 Å². The minimum absolute atomic E-state index is 0.000648. The van der Waals surface area contributed by atoms with Crippen LogP contribution in [0, 0.1) is 0 Å². The van der Waals surface area contributed by atoms with Crippen LogP contribution in [-0.4, -0.2) is 46.0 Å². The van der Waals surface area contributed by atoms with Gasteiger partial charge in [0.15, 0.2) is 5.17 Å². The third-order valence-corrected chi connectivity index (χ3v) is 6.50. The zero-order valence-electron chi connectivity index (χ0n) is 20.8. The van der Waals surface area contributed by atoms with Crippen molar-refractivity contribution in [2.75, 3.05) is 0 Å². The topological polar surface area (TPSA) is 105 Å². The Hall–Kier alpha value is -4.33. The van der Waals surface area contributed by atoms with Crippen molar-refractivity contribution in [2.24, 2.45) is 25.9 Å². The van der Waals surface area contributed by atoms with Gasteiger partial charge >= 0.3 is 6.36 Å².